The molecule has 0 bridgehead atoms. The molecule has 3 rings (SSSR count). The Morgan fingerprint density at radius 3 is 2.66 bits per heavy atom. The van der Waals surface area contributed by atoms with E-state index in [1.165, 1.54) is 0 Å². The first-order valence-corrected chi connectivity index (χ1v) is 9.82. The first-order valence-electron chi connectivity index (χ1n) is 9.82. The summed E-state index contributed by atoms with van der Waals surface area (Å²) >= 11 is 0. The van der Waals surface area contributed by atoms with E-state index in [2.05, 4.69) is 10.6 Å². The van der Waals surface area contributed by atoms with Crippen molar-refractivity contribution >= 4 is 29.1 Å². The molecule has 152 valence electrons. The van der Waals surface area contributed by atoms with Crippen molar-refractivity contribution in [2.24, 2.45) is 11.7 Å². The van der Waals surface area contributed by atoms with Crippen LogP contribution in [0.1, 0.15) is 28.8 Å². The average Bonchev–Trinajstić information content (AvgIpc) is 2.68. The van der Waals surface area contributed by atoms with Crippen LogP contribution in [0.4, 0.5) is 11.4 Å². The monoisotopic (exact) mass is 395 g/mol. The van der Waals surface area contributed by atoms with Crippen LogP contribution < -0.4 is 21.3 Å². The molecule has 7 nitrogen and oxygen atoms in total. The van der Waals surface area contributed by atoms with Crippen LogP contribution in [-0.2, 0) is 9.59 Å². The maximum Gasteiger partial charge on any atom is 0.279 e. The fraction of sp³-hybridized carbons (Fsp3) is 0.318. The minimum Gasteiger partial charge on any atom is -0.369 e. The average molecular weight is 395 g/mol. The minimum absolute atomic E-state index is 0.182. The Kier molecular flexibility index (Phi) is 6.61. The lowest BCUT2D eigenvalue weighted by Gasteiger charge is -2.27. The van der Waals surface area contributed by atoms with Crippen LogP contribution in [0, 0.1) is 12.8 Å². The van der Waals surface area contributed by atoms with Gasteiger partial charge in [-0.3, -0.25) is 14.4 Å². The molecule has 0 saturated carbocycles. The molecule has 1 heterocycles. The molecule has 2 aromatic rings. The molecule has 29 heavy (non-hydrogen) atoms. The molecule has 0 aliphatic carbocycles. The SMILES string of the molecule is Cc1cccc(NC(=O)c2ccccc2NC(=O)C[NH+]2CCC[C@@H](C(N)=O)C2)c1. The molecule has 1 saturated heterocycles. The third kappa shape index (κ3) is 5.65. The van der Waals surface area contributed by atoms with Crippen molar-refractivity contribution in [3.63, 3.8) is 0 Å². The highest BCUT2D eigenvalue weighted by Crippen LogP contribution is 2.18. The van der Waals surface area contributed by atoms with Crippen LogP contribution in [0.2, 0.25) is 0 Å². The van der Waals surface area contributed by atoms with Gasteiger partial charge >= 0.3 is 0 Å². The number of nitrogens with two attached hydrogens (primary N) is 1. The lowest BCUT2D eigenvalue weighted by molar-refractivity contribution is -0.899. The van der Waals surface area contributed by atoms with Crippen LogP contribution >= 0.6 is 0 Å². The highest BCUT2D eigenvalue weighted by atomic mass is 16.2. The molecule has 5 N–H and O–H groups in total. The van der Waals surface area contributed by atoms with E-state index in [4.69, 9.17) is 5.73 Å². The van der Waals surface area contributed by atoms with Crippen molar-refractivity contribution < 1.29 is 19.3 Å². The van der Waals surface area contributed by atoms with Crippen LogP contribution in [0.5, 0.6) is 0 Å². The first-order chi connectivity index (χ1) is 13.9. The molecule has 1 aliphatic heterocycles. The van der Waals surface area contributed by atoms with E-state index in [-0.39, 0.29) is 30.2 Å². The molecular weight excluding hydrogens is 368 g/mol. The standard InChI is InChI=1S/C22H26N4O3/c1-15-6-4-8-17(12-15)24-22(29)18-9-2-3-10-19(18)25-20(27)14-26-11-5-7-16(13-26)21(23)28/h2-4,6,8-10,12,16H,5,7,11,13-14H2,1H3,(H2,23,28)(H,24,29)(H,25,27)/p+1/t16-/m1/s1. The molecule has 0 spiro atoms. The van der Waals surface area contributed by atoms with Gasteiger partial charge in [0.1, 0.15) is 0 Å². The first kappa shape index (κ1) is 20.5. The van der Waals surface area contributed by atoms with Gasteiger partial charge < -0.3 is 21.3 Å². The van der Waals surface area contributed by atoms with Gasteiger partial charge in [-0.2, -0.15) is 0 Å². The summed E-state index contributed by atoms with van der Waals surface area (Å²) in [7, 11) is 0. The Morgan fingerprint density at radius 1 is 1.10 bits per heavy atom. The van der Waals surface area contributed by atoms with Gasteiger partial charge in [0.2, 0.25) is 5.91 Å². The van der Waals surface area contributed by atoms with E-state index in [1.807, 2.05) is 31.2 Å². The second kappa shape index (κ2) is 9.34. The number of aryl methyl sites for hydroxylation is 1. The summed E-state index contributed by atoms with van der Waals surface area (Å²) in [5.41, 5.74) is 8.02. The number of likely N-dealkylation sites (tertiary alicyclic amines) is 1. The number of para-hydroxylation sites is 1. The highest BCUT2D eigenvalue weighted by Gasteiger charge is 2.28. The summed E-state index contributed by atoms with van der Waals surface area (Å²) in [6.45, 7) is 3.58. The number of quaternary nitrogens is 1. The van der Waals surface area contributed by atoms with Crippen molar-refractivity contribution in [2.75, 3.05) is 30.3 Å². The van der Waals surface area contributed by atoms with Gasteiger partial charge in [0.15, 0.2) is 6.54 Å². The fourth-order valence-corrected chi connectivity index (χ4v) is 3.69. The van der Waals surface area contributed by atoms with Gasteiger partial charge in [-0.05, 0) is 49.6 Å². The molecule has 0 radical (unpaired) electrons. The fourth-order valence-electron chi connectivity index (χ4n) is 3.69. The van der Waals surface area contributed by atoms with Gasteiger partial charge in [0.05, 0.1) is 30.3 Å². The Hall–Kier alpha value is -3.19. The largest absolute Gasteiger partial charge is 0.369 e. The van der Waals surface area contributed by atoms with Crippen molar-refractivity contribution in [3.8, 4) is 0 Å². The number of hydrogen-bond acceptors (Lipinski definition) is 3. The molecular formula is C22H27N4O3+. The quantitative estimate of drug-likeness (QED) is 0.585. The number of hydrogen-bond donors (Lipinski definition) is 4. The summed E-state index contributed by atoms with van der Waals surface area (Å²) < 4.78 is 0. The van der Waals surface area contributed by atoms with Crippen molar-refractivity contribution in [1.29, 1.82) is 0 Å². The zero-order valence-corrected chi connectivity index (χ0v) is 16.5. The molecule has 2 atom stereocenters. The summed E-state index contributed by atoms with van der Waals surface area (Å²) in [6.07, 6.45) is 1.65. The molecule has 1 fully saturated rings. The van der Waals surface area contributed by atoms with Crippen molar-refractivity contribution in [1.82, 2.24) is 0 Å². The van der Waals surface area contributed by atoms with E-state index in [0.29, 0.717) is 23.5 Å². The van der Waals surface area contributed by atoms with Crippen molar-refractivity contribution in [3.05, 3.63) is 59.7 Å². The van der Waals surface area contributed by atoms with E-state index in [1.54, 1.807) is 24.3 Å². The maximum absolute atomic E-state index is 12.7. The molecule has 3 amide bonds. The van der Waals surface area contributed by atoms with Crippen LogP contribution in [0.3, 0.4) is 0 Å². The second-order valence-electron chi connectivity index (χ2n) is 7.54. The number of anilines is 2. The lowest BCUT2D eigenvalue weighted by Crippen LogP contribution is -3.14. The topological polar surface area (TPSA) is 106 Å². The molecule has 1 unspecified atom stereocenters. The number of benzene rings is 2. The predicted octanol–water partition coefficient (Wildman–Crippen LogP) is 0.966. The molecule has 7 heteroatoms. The van der Waals surface area contributed by atoms with Crippen LogP contribution in [-0.4, -0.2) is 37.4 Å². The van der Waals surface area contributed by atoms with E-state index in [9.17, 15) is 14.4 Å². The van der Waals surface area contributed by atoms with E-state index in [0.717, 1.165) is 29.8 Å². The van der Waals surface area contributed by atoms with Gasteiger partial charge in [0, 0.05) is 5.69 Å². The van der Waals surface area contributed by atoms with Crippen LogP contribution in [0.25, 0.3) is 0 Å². The predicted molar refractivity (Wildman–Crippen MR) is 112 cm³/mol. The third-order valence-corrected chi connectivity index (χ3v) is 5.15. The minimum atomic E-state index is -0.305. The van der Waals surface area contributed by atoms with E-state index >= 15 is 0 Å². The van der Waals surface area contributed by atoms with Gasteiger partial charge in [0.25, 0.3) is 11.8 Å². The summed E-state index contributed by atoms with van der Waals surface area (Å²) in [5, 5.41) is 5.71. The Morgan fingerprint density at radius 2 is 1.90 bits per heavy atom. The lowest BCUT2D eigenvalue weighted by atomic mass is 9.97. The van der Waals surface area contributed by atoms with Crippen molar-refractivity contribution in [2.45, 2.75) is 19.8 Å². The summed E-state index contributed by atoms with van der Waals surface area (Å²) in [6, 6.07) is 14.5. The Labute approximate surface area is 170 Å². The Bertz CT molecular complexity index is 912. The maximum atomic E-state index is 12.7. The number of primary amides is 1. The summed E-state index contributed by atoms with van der Waals surface area (Å²) in [4.78, 5) is 37.7. The van der Waals surface area contributed by atoms with Gasteiger partial charge in [-0.25, -0.2) is 0 Å². The highest BCUT2D eigenvalue weighted by molar-refractivity contribution is 6.10. The number of carbonyl (C=O) groups excluding carboxylic acids is 3. The zero-order valence-electron chi connectivity index (χ0n) is 16.5. The zero-order chi connectivity index (χ0) is 20.8. The third-order valence-electron chi connectivity index (χ3n) is 5.15. The number of carbonyl (C=O) groups is 3. The van der Waals surface area contributed by atoms with Gasteiger partial charge in [-0.15, -0.1) is 0 Å². The number of amides is 3. The molecule has 0 aromatic heterocycles. The summed E-state index contributed by atoms with van der Waals surface area (Å²) in [5.74, 6) is -0.966. The normalized spacial score (nSPS) is 18.7. The number of rotatable bonds is 6. The Balaban J connectivity index is 1.64. The smallest absolute Gasteiger partial charge is 0.279 e. The van der Waals surface area contributed by atoms with Gasteiger partial charge in [-0.1, -0.05) is 24.3 Å². The molecule has 2 aromatic carbocycles. The number of nitrogens with one attached hydrogen (secondary N) is 3. The van der Waals surface area contributed by atoms with E-state index < -0.39 is 0 Å². The molecule has 1 aliphatic rings. The number of piperidine rings is 1. The van der Waals surface area contributed by atoms with Crippen LogP contribution in [0.15, 0.2) is 48.5 Å². The second-order valence-corrected chi connectivity index (χ2v) is 7.54.